The van der Waals surface area contributed by atoms with E-state index in [0.717, 1.165) is 27.3 Å². The van der Waals surface area contributed by atoms with Crippen LogP contribution in [0.5, 0.6) is 0 Å². The Morgan fingerprint density at radius 1 is 1.18 bits per heavy atom. The van der Waals surface area contributed by atoms with Crippen molar-refractivity contribution in [2.24, 2.45) is 0 Å². The van der Waals surface area contributed by atoms with Crippen LogP contribution in [-0.4, -0.2) is 22.5 Å². The maximum atomic E-state index is 11.8. The molecule has 4 aromatic rings. The van der Waals surface area contributed by atoms with Crippen molar-refractivity contribution in [2.45, 2.75) is 6.92 Å². The van der Waals surface area contributed by atoms with Gasteiger partial charge in [-0.05, 0) is 19.1 Å². The largest absolute Gasteiger partial charge is 0.462 e. The van der Waals surface area contributed by atoms with Gasteiger partial charge in [0.2, 0.25) is 0 Å². The summed E-state index contributed by atoms with van der Waals surface area (Å²) in [5, 5.41) is 3.24. The highest BCUT2D eigenvalue weighted by atomic mass is 16.5. The van der Waals surface area contributed by atoms with Gasteiger partial charge in [0.25, 0.3) is 0 Å². The predicted molar refractivity (Wildman–Crippen MR) is 87.1 cm³/mol. The van der Waals surface area contributed by atoms with Crippen LogP contribution in [0.25, 0.3) is 32.7 Å². The lowest BCUT2D eigenvalue weighted by molar-refractivity contribution is 0.0526. The summed E-state index contributed by atoms with van der Waals surface area (Å²) in [6, 6.07) is 14.1. The van der Waals surface area contributed by atoms with E-state index < -0.39 is 0 Å². The van der Waals surface area contributed by atoms with Crippen molar-refractivity contribution in [2.75, 3.05) is 6.61 Å². The first-order valence-electron chi connectivity index (χ1n) is 7.24. The van der Waals surface area contributed by atoms with Crippen LogP contribution >= 0.6 is 0 Å². The molecule has 0 atom stereocenters. The third-order valence-corrected chi connectivity index (χ3v) is 3.84. The van der Waals surface area contributed by atoms with Gasteiger partial charge in [0, 0.05) is 27.9 Å². The zero-order valence-electron chi connectivity index (χ0n) is 12.1. The first-order valence-corrected chi connectivity index (χ1v) is 7.24. The number of fused-ring (bicyclic) bond motifs is 5. The Hall–Kier alpha value is -2.88. The third-order valence-electron chi connectivity index (χ3n) is 3.84. The second-order valence-corrected chi connectivity index (χ2v) is 5.17. The lowest BCUT2D eigenvalue weighted by atomic mass is 10.1. The van der Waals surface area contributed by atoms with Gasteiger partial charge in [-0.15, -0.1) is 0 Å². The van der Waals surface area contributed by atoms with E-state index in [4.69, 9.17) is 4.74 Å². The van der Waals surface area contributed by atoms with Gasteiger partial charge in [-0.25, -0.2) is 4.79 Å². The topological polar surface area (TPSA) is 55.0 Å². The van der Waals surface area contributed by atoms with Crippen molar-refractivity contribution in [3.63, 3.8) is 0 Å². The third kappa shape index (κ3) is 1.84. The Morgan fingerprint density at radius 2 is 2.05 bits per heavy atom. The monoisotopic (exact) mass is 290 g/mol. The number of aromatic nitrogens is 2. The molecule has 0 bridgehead atoms. The van der Waals surface area contributed by atoms with Gasteiger partial charge in [0.1, 0.15) is 0 Å². The van der Waals surface area contributed by atoms with Crippen molar-refractivity contribution in [3.8, 4) is 0 Å². The minimum atomic E-state index is -0.339. The van der Waals surface area contributed by atoms with Gasteiger partial charge in [-0.1, -0.05) is 30.3 Å². The molecule has 108 valence electrons. The van der Waals surface area contributed by atoms with Gasteiger partial charge in [-0.2, -0.15) is 0 Å². The molecule has 0 spiro atoms. The Morgan fingerprint density at radius 3 is 2.91 bits per heavy atom. The van der Waals surface area contributed by atoms with E-state index in [1.54, 1.807) is 13.1 Å². The van der Waals surface area contributed by atoms with E-state index in [0.29, 0.717) is 12.2 Å². The van der Waals surface area contributed by atoms with Crippen LogP contribution in [0.15, 0.2) is 48.7 Å². The highest BCUT2D eigenvalue weighted by Gasteiger charge is 2.11. The van der Waals surface area contributed by atoms with E-state index in [2.05, 4.69) is 22.1 Å². The van der Waals surface area contributed by atoms with E-state index in [9.17, 15) is 4.79 Å². The average Bonchev–Trinajstić information content (AvgIpc) is 2.93. The normalized spacial score (nSPS) is 11.3. The van der Waals surface area contributed by atoms with Crippen LogP contribution in [0.1, 0.15) is 17.3 Å². The molecule has 0 aliphatic carbocycles. The molecule has 0 unspecified atom stereocenters. The second kappa shape index (κ2) is 4.84. The molecule has 0 saturated carbocycles. The van der Waals surface area contributed by atoms with Crippen molar-refractivity contribution < 1.29 is 9.53 Å². The average molecular weight is 290 g/mol. The number of pyridine rings is 1. The molecule has 22 heavy (non-hydrogen) atoms. The molecule has 0 saturated heterocycles. The van der Waals surface area contributed by atoms with Crippen LogP contribution in [0.3, 0.4) is 0 Å². The van der Waals surface area contributed by atoms with Crippen molar-refractivity contribution in [1.82, 2.24) is 9.97 Å². The van der Waals surface area contributed by atoms with Gasteiger partial charge in [0.15, 0.2) is 0 Å². The number of carbonyl (C=O) groups excluding carboxylic acids is 1. The number of carbonyl (C=O) groups is 1. The Kier molecular flexibility index (Phi) is 2.82. The first-order chi connectivity index (χ1) is 10.8. The summed E-state index contributed by atoms with van der Waals surface area (Å²) in [6.45, 7) is 2.15. The van der Waals surface area contributed by atoms with Crippen LogP contribution in [0.2, 0.25) is 0 Å². The predicted octanol–water partition coefficient (Wildman–Crippen LogP) is 4.05. The lowest BCUT2D eigenvalue weighted by Gasteiger charge is -2.04. The SMILES string of the molecule is CCOC(=O)c1cnc2c(ccc3c4ccccc4[nH]c32)c1. The molecule has 2 aromatic heterocycles. The fourth-order valence-electron chi connectivity index (χ4n) is 2.84. The van der Waals surface area contributed by atoms with E-state index in [1.165, 1.54) is 5.39 Å². The number of esters is 1. The number of aromatic amines is 1. The quantitative estimate of drug-likeness (QED) is 0.567. The van der Waals surface area contributed by atoms with Crippen LogP contribution in [0.4, 0.5) is 0 Å². The van der Waals surface area contributed by atoms with Crippen molar-refractivity contribution in [3.05, 3.63) is 54.2 Å². The number of ether oxygens (including phenoxy) is 1. The fraction of sp³-hybridized carbons (Fsp3) is 0.111. The number of benzene rings is 2. The molecule has 4 heteroatoms. The van der Waals surface area contributed by atoms with E-state index >= 15 is 0 Å². The molecule has 4 nitrogen and oxygen atoms in total. The molecule has 2 aromatic carbocycles. The highest BCUT2D eigenvalue weighted by Crippen LogP contribution is 2.30. The summed E-state index contributed by atoms with van der Waals surface area (Å²) < 4.78 is 5.03. The summed E-state index contributed by atoms with van der Waals surface area (Å²) >= 11 is 0. The fourth-order valence-corrected chi connectivity index (χ4v) is 2.84. The number of H-pyrrole nitrogens is 1. The Labute approximate surface area is 126 Å². The summed E-state index contributed by atoms with van der Waals surface area (Å²) in [7, 11) is 0. The number of hydrogen-bond acceptors (Lipinski definition) is 3. The molecule has 0 aliphatic heterocycles. The highest BCUT2D eigenvalue weighted by molar-refractivity contribution is 6.16. The Balaban J connectivity index is 1.98. The van der Waals surface area contributed by atoms with Crippen LogP contribution < -0.4 is 0 Å². The van der Waals surface area contributed by atoms with E-state index in [-0.39, 0.29) is 5.97 Å². The van der Waals surface area contributed by atoms with E-state index in [1.807, 2.05) is 30.3 Å². The lowest BCUT2D eigenvalue weighted by Crippen LogP contribution is -2.04. The van der Waals surface area contributed by atoms with Crippen molar-refractivity contribution >= 4 is 38.7 Å². The number of hydrogen-bond donors (Lipinski definition) is 1. The standard InChI is InChI=1S/C18H14N2O2/c1-2-22-18(21)12-9-11-7-8-14-13-5-3-4-6-15(13)20-17(14)16(11)19-10-12/h3-10,20H,2H2,1H3. The number of nitrogens with one attached hydrogen (secondary N) is 1. The minimum Gasteiger partial charge on any atom is -0.462 e. The van der Waals surface area contributed by atoms with Crippen molar-refractivity contribution in [1.29, 1.82) is 0 Å². The minimum absolute atomic E-state index is 0.339. The van der Waals surface area contributed by atoms with Gasteiger partial charge >= 0.3 is 5.97 Å². The van der Waals surface area contributed by atoms with Crippen LogP contribution in [-0.2, 0) is 4.74 Å². The molecule has 0 amide bonds. The maximum Gasteiger partial charge on any atom is 0.339 e. The first kappa shape index (κ1) is 12.8. The molecule has 4 rings (SSSR count). The van der Waals surface area contributed by atoms with Gasteiger partial charge in [0.05, 0.1) is 23.2 Å². The summed E-state index contributed by atoms with van der Waals surface area (Å²) in [5.41, 5.74) is 3.42. The summed E-state index contributed by atoms with van der Waals surface area (Å²) in [6.07, 6.45) is 1.57. The summed E-state index contributed by atoms with van der Waals surface area (Å²) in [4.78, 5) is 19.7. The zero-order valence-corrected chi connectivity index (χ0v) is 12.1. The van der Waals surface area contributed by atoms with Gasteiger partial charge in [-0.3, -0.25) is 4.98 Å². The number of rotatable bonds is 2. The molecule has 0 fully saturated rings. The second-order valence-electron chi connectivity index (χ2n) is 5.17. The molecular formula is C18H14N2O2. The molecule has 2 heterocycles. The molecule has 0 aliphatic rings. The molecule has 0 radical (unpaired) electrons. The number of para-hydroxylation sites is 1. The maximum absolute atomic E-state index is 11.8. The van der Waals surface area contributed by atoms with Crippen LogP contribution in [0, 0.1) is 0 Å². The van der Waals surface area contributed by atoms with Gasteiger partial charge < -0.3 is 9.72 Å². The smallest absolute Gasteiger partial charge is 0.339 e. The molecule has 1 N–H and O–H groups in total. The summed E-state index contributed by atoms with van der Waals surface area (Å²) in [5.74, 6) is -0.339. The molecular weight excluding hydrogens is 276 g/mol. The number of nitrogens with zero attached hydrogens (tertiary/aromatic N) is 1. The zero-order chi connectivity index (χ0) is 15.1. The Bertz CT molecular complexity index is 1020.